The third-order valence-electron chi connectivity index (χ3n) is 6.12. The van der Waals surface area contributed by atoms with Crippen molar-refractivity contribution in [3.05, 3.63) is 80.7 Å². The lowest BCUT2D eigenvalue weighted by atomic mass is 9.97. The predicted molar refractivity (Wildman–Crippen MR) is 110 cm³/mol. The van der Waals surface area contributed by atoms with Crippen molar-refractivity contribution in [2.75, 3.05) is 13.2 Å². The quantitative estimate of drug-likeness (QED) is 0.676. The minimum absolute atomic E-state index is 0.00604. The first-order valence-corrected chi connectivity index (χ1v) is 10.1. The molecule has 0 saturated carbocycles. The molecule has 2 aliphatic heterocycles. The molecule has 0 bridgehead atoms. The van der Waals surface area contributed by atoms with E-state index >= 15 is 0 Å². The van der Waals surface area contributed by atoms with Crippen molar-refractivity contribution in [3.63, 3.8) is 0 Å². The Morgan fingerprint density at radius 1 is 1.07 bits per heavy atom. The first-order valence-electron chi connectivity index (χ1n) is 10.1. The zero-order valence-corrected chi connectivity index (χ0v) is 16.6. The number of carbonyl (C=O) groups is 1. The molecule has 5 heteroatoms. The molecular formula is C24H23NO4. The van der Waals surface area contributed by atoms with Crippen molar-refractivity contribution < 1.29 is 13.9 Å². The second kappa shape index (κ2) is 6.85. The number of nitrogens with zero attached hydrogens (tertiary/aromatic N) is 1. The van der Waals surface area contributed by atoms with Crippen molar-refractivity contribution >= 4 is 16.9 Å². The predicted octanol–water partition coefficient (Wildman–Crippen LogP) is 4.13. The van der Waals surface area contributed by atoms with E-state index in [2.05, 4.69) is 0 Å². The smallest absolute Gasteiger partial charge is 0.291 e. The summed E-state index contributed by atoms with van der Waals surface area (Å²) in [4.78, 5) is 28.6. The number of aryl methyl sites for hydroxylation is 2. The summed E-state index contributed by atoms with van der Waals surface area (Å²) in [5.41, 5.74) is 3.75. The zero-order chi connectivity index (χ0) is 20.1. The van der Waals surface area contributed by atoms with Gasteiger partial charge in [0.05, 0.1) is 23.1 Å². The molecule has 0 spiro atoms. The Morgan fingerprint density at radius 2 is 1.83 bits per heavy atom. The van der Waals surface area contributed by atoms with Crippen LogP contribution in [0.3, 0.4) is 0 Å². The molecule has 3 heterocycles. The van der Waals surface area contributed by atoms with Gasteiger partial charge in [0, 0.05) is 13.2 Å². The normalized spacial score (nSPS) is 21.2. The highest BCUT2D eigenvalue weighted by atomic mass is 16.5. The summed E-state index contributed by atoms with van der Waals surface area (Å²) in [6.45, 7) is 5.12. The summed E-state index contributed by atoms with van der Waals surface area (Å²) in [5, 5.41) is 0.527. The number of hydrogen-bond donors (Lipinski definition) is 0. The van der Waals surface area contributed by atoms with Crippen LogP contribution in [0.4, 0.5) is 0 Å². The molecule has 0 unspecified atom stereocenters. The molecule has 1 saturated heterocycles. The van der Waals surface area contributed by atoms with Crippen LogP contribution in [0.2, 0.25) is 0 Å². The lowest BCUT2D eigenvalue weighted by Gasteiger charge is -2.27. The van der Waals surface area contributed by atoms with E-state index in [1.54, 1.807) is 4.90 Å². The van der Waals surface area contributed by atoms with Gasteiger partial charge in [-0.15, -0.1) is 0 Å². The van der Waals surface area contributed by atoms with E-state index in [9.17, 15) is 9.59 Å². The fraction of sp³-hybridized carbons (Fsp3) is 0.333. The van der Waals surface area contributed by atoms with E-state index in [1.165, 1.54) is 0 Å². The molecule has 0 N–H and O–H groups in total. The number of fused-ring (bicyclic) bond motifs is 2. The molecule has 29 heavy (non-hydrogen) atoms. The molecule has 148 valence electrons. The van der Waals surface area contributed by atoms with Crippen LogP contribution in [0.15, 0.2) is 51.7 Å². The van der Waals surface area contributed by atoms with Crippen molar-refractivity contribution in [2.24, 2.45) is 0 Å². The van der Waals surface area contributed by atoms with Gasteiger partial charge >= 0.3 is 0 Å². The van der Waals surface area contributed by atoms with Crippen LogP contribution in [0.1, 0.15) is 51.7 Å². The van der Waals surface area contributed by atoms with Gasteiger partial charge in [-0.25, -0.2) is 0 Å². The highest BCUT2D eigenvalue weighted by Crippen LogP contribution is 2.39. The van der Waals surface area contributed by atoms with Gasteiger partial charge in [-0.3, -0.25) is 9.59 Å². The van der Waals surface area contributed by atoms with E-state index < -0.39 is 6.04 Å². The number of hydrogen-bond acceptors (Lipinski definition) is 4. The fourth-order valence-electron chi connectivity index (χ4n) is 4.45. The molecule has 1 fully saturated rings. The Kier molecular flexibility index (Phi) is 4.28. The van der Waals surface area contributed by atoms with Gasteiger partial charge in [0.2, 0.25) is 5.76 Å². The average Bonchev–Trinajstić information content (AvgIpc) is 3.32. The number of ether oxygens (including phenoxy) is 1. The monoisotopic (exact) mass is 389 g/mol. The number of benzene rings is 2. The molecule has 0 radical (unpaired) electrons. The summed E-state index contributed by atoms with van der Waals surface area (Å²) in [6.07, 6.45) is 1.91. The maximum Gasteiger partial charge on any atom is 0.291 e. The Morgan fingerprint density at radius 3 is 2.55 bits per heavy atom. The molecule has 2 atom stereocenters. The second-order valence-corrected chi connectivity index (χ2v) is 8.01. The Hall–Kier alpha value is -2.92. The summed E-state index contributed by atoms with van der Waals surface area (Å²) < 4.78 is 11.8. The average molecular weight is 389 g/mol. The first-order chi connectivity index (χ1) is 14.0. The molecular weight excluding hydrogens is 366 g/mol. The lowest BCUT2D eigenvalue weighted by molar-refractivity contribution is 0.0486. The first kappa shape index (κ1) is 18.1. The van der Waals surface area contributed by atoms with Crippen LogP contribution in [-0.2, 0) is 4.74 Å². The van der Waals surface area contributed by atoms with Crippen molar-refractivity contribution in [1.29, 1.82) is 0 Å². The summed E-state index contributed by atoms with van der Waals surface area (Å²) in [7, 11) is 0. The van der Waals surface area contributed by atoms with Gasteiger partial charge in [0.15, 0.2) is 5.43 Å². The van der Waals surface area contributed by atoms with Crippen LogP contribution < -0.4 is 5.43 Å². The highest BCUT2D eigenvalue weighted by Gasteiger charge is 2.43. The Balaban J connectivity index is 1.72. The second-order valence-electron chi connectivity index (χ2n) is 8.01. The highest BCUT2D eigenvalue weighted by molar-refractivity contribution is 5.99. The third kappa shape index (κ3) is 2.88. The summed E-state index contributed by atoms with van der Waals surface area (Å²) >= 11 is 0. The van der Waals surface area contributed by atoms with Crippen LogP contribution in [0, 0.1) is 13.8 Å². The molecule has 1 amide bonds. The molecule has 3 aromatic rings. The van der Waals surface area contributed by atoms with Crippen LogP contribution in [0.5, 0.6) is 0 Å². The SMILES string of the molecule is Cc1cc2oc3c(c(=O)c2cc1C)[C@@H](c1ccccc1)N(C[C@H]1CCCO1)C3=O. The van der Waals surface area contributed by atoms with E-state index in [-0.39, 0.29) is 23.2 Å². The Labute approximate surface area is 168 Å². The van der Waals surface area contributed by atoms with Crippen LogP contribution in [0.25, 0.3) is 11.0 Å². The minimum atomic E-state index is -0.454. The lowest BCUT2D eigenvalue weighted by Crippen LogP contribution is -2.36. The molecule has 2 aromatic carbocycles. The summed E-state index contributed by atoms with van der Waals surface area (Å²) in [5.74, 6) is -0.0702. The maximum absolute atomic E-state index is 13.5. The van der Waals surface area contributed by atoms with Gasteiger partial charge in [0.25, 0.3) is 5.91 Å². The van der Waals surface area contributed by atoms with Gasteiger partial charge in [-0.2, -0.15) is 0 Å². The number of rotatable bonds is 3. The topological polar surface area (TPSA) is 59.8 Å². The van der Waals surface area contributed by atoms with E-state index in [0.29, 0.717) is 23.1 Å². The van der Waals surface area contributed by atoms with Crippen LogP contribution in [-0.4, -0.2) is 30.1 Å². The number of carbonyl (C=O) groups excluding carboxylic acids is 1. The maximum atomic E-state index is 13.5. The fourth-order valence-corrected chi connectivity index (χ4v) is 4.45. The van der Waals surface area contributed by atoms with Crippen molar-refractivity contribution in [2.45, 2.75) is 38.8 Å². The van der Waals surface area contributed by atoms with Crippen molar-refractivity contribution in [1.82, 2.24) is 4.90 Å². The van der Waals surface area contributed by atoms with Gasteiger partial charge in [-0.1, -0.05) is 30.3 Å². The minimum Gasteiger partial charge on any atom is -0.450 e. The molecule has 0 aliphatic carbocycles. The van der Waals surface area contributed by atoms with Gasteiger partial charge in [0.1, 0.15) is 5.58 Å². The van der Waals surface area contributed by atoms with E-state index in [4.69, 9.17) is 9.15 Å². The largest absolute Gasteiger partial charge is 0.450 e. The molecule has 1 aromatic heterocycles. The van der Waals surface area contributed by atoms with Gasteiger partial charge < -0.3 is 14.1 Å². The number of amides is 1. The zero-order valence-electron chi connectivity index (χ0n) is 16.6. The standard InChI is InChI=1S/C24H23NO4/c1-14-11-18-19(12-15(14)2)29-23-20(22(18)26)21(16-7-4-3-5-8-16)25(24(23)27)13-17-9-6-10-28-17/h3-5,7-8,11-12,17,21H,6,9-10,13H2,1-2H3/t17-,21-/m1/s1. The van der Waals surface area contributed by atoms with E-state index in [1.807, 2.05) is 56.3 Å². The summed E-state index contributed by atoms with van der Waals surface area (Å²) in [6, 6.07) is 13.0. The molecule has 5 rings (SSSR count). The molecule has 2 aliphatic rings. The van der Waals surface area contributed by atoms with E-state index in [0.717, 1.165) is 36.1 Å². The molecule has 5 nitrogen and oxygen atoms in total. The Bertz CT molecular complexity index is 1160. The van der Waals surface area contributed by atoms with Crippen molar-refractivity contribution in [3.8, 4) is 0 Å². The van der Waals surface area contributed by atoms with Crippen LogP contribution >= 0.6 is 0 Å². The third-order valence-corrected chi connectivity index (χ3v) is 6.12. The van der Waals surface area contributed by atoms with Gasteiger partial charge in [-0.05, 0) is 55.5 Å².